The minimum Gasteiger partial charge on any atom is -0.480 e. The summed E-state index contributed by atoms with van der Waals surface area (Å²) < 4.78 is 47.1. The molecule has 11 heteroatoms. The number of carbonyl (C=O) groups is 2. The quantitative estimate of drug-likeness (QED) is 0.544. The van der Waals surface area contributed by atoms with Crippen molar-refractivity contribution in [3.05, 3.63) is 0 Å². The van der Waals surface area contributed by atoms with Gasteiger partial charge in [-0.1, -0.05) is 0 Å². The minimum absolute atomic E-state index is 0.112. The minimum atomic E-state index is -4.19. The Morgan fingerprint density at radius 3 is 2.26 bits per heavy atom. The van der Waals surface area contributed by atoms with Crippen molar-refractivity contribution in [3.63, 3.8) is 0 Å². The van der Waals surface area contributed by atoms with Crippen LogP contribution in [0.2, 0.25) is 0 Å². The van der Waals surface area contributed by atoms with Gasteiger partial charge in [-0.25, -0.2) is 16.8 Å². The van der Waals surface area contributed by atoms with E-state index < -0.39 is 55.8 Å². The Morgan fingerprint density at radius 1 is 1.32 bits per heavy atom. The number of hydrogen-bond acceptors (Lipinski definition) is 6. The number of aliphatic carboxylic acids is 1. The maximum atomic E-state index is 12.1. The van der Waals surface area contributed by atoms with Crippen molar-refractivity contribution in [3.8, 4) is 0 Å². The molecule has 0 aromatic carbocycles. The second-order valence-electron chi connectivity index (χ2n) is 4.20. The summed E-state index contributed by atoms with van der Waals surface area (Å²) in [7, 11) is -7.63. The van der Waals surface area contributed by atoms with E-state index in [1.54, 1.807) is 0 Å². The highest BCUT2D eigenvalue weighted by atomic mass is 32.2. The summed E-state index contributed by atoms with van der Waals surface area (Å²) in [5, 5.41) is 7.40. The molecule has 0 aromatic heterocycles. The summed E-state index contributed by atoms with van der Waals surface area (Å²) in [6, 6.07) is 0. The lowest BCUT2D eigenvalue weighted by molar-refractivity contribution is -0.137. The number of sulfonamides is 1. The van der Waals surface area contributed by atoms with Crippen LogP contribution < -0.4 is 5.73 Å². The highest BCUT2D eigenvalue weighted by molar-refractivity contribution is 7.95. The Labute approximate surface area is 110 Å². The number of rotatable bonds is 6. The molecule has 110 valence electrons. The molecular formula is C8H14N2O7S2. The first kappa shape index (κ1) is 15.9. The third-order valence-electron chi connectivity index (χ3n) is 2.62. The van der Waals surface area contributed by atoms with E-state index in [2.05, 4.69) is 0 Å². The van der Waals surface area contributed by atoms with Gasteiger partial charge < -0.3 is 10.8 Å². The fourth-order valence-electron chi connectivity index (χ4n) is 1.77. The molecule has 0 spiro atoms. The predicted molar refractivity (Wildman–Crippen MR) is 64.4 cm³/mol. The Morgan fingerprint density at radius 2 is 1.89 bits per heavy atom. The first-order valence-corrected chi connectivity index (χ1v) is 8.56. The largest absolute Gasteiger partial charge is 0.480 e. The molecule has 0 bridgehead atoms. The highest BCUT2D eigenvalue weighted by Gasteiger charge is 2.41. The van der Waals surface area contributed by atoms with Crippen molar-refractivity contribution in [2.45, 2.75) is 11.7 Å². The van der Waals surface area contributed by atoms with Gasteiger partial charge in [0, 0.05) is 0 Å². The molecule has 9 nitrogen and oxygen atoms in total. The average Bonchev–Trinajstić information content (AvgIpc) is 2.57. The van der Waals surface area contributed by atoms with Crippen molar-refractivity contribution in [2.75, 3.05) is 24.6 Å². The molecule has 0 aromatic rings. The van der Waals surface area contributed by atoms with Crippen molar-refractivity contribution in [1.29, 1.82) is 0 Å². The molecule has 1 rings (SSSR count). The number of primary amides is 1. The summed E-state index contributed by atoms with van der Waals surface area (Å²) >= 11 is 0. The number of sulfone groups is 1. The van der Waals surface area contributed by atoms with E-state index in [1.165, 1.54) is 0 Å². The van der Waals surface area contributed by atoms with Crippen molar-refractivity contribution < 1.29 is 31.5 Å². The van der Waals surface area contributed by atoms with Gasteiger partial charge in [0.2, 0.25) is 15.9 Å². The standard InChI is InChI=1S/C8H14N2O7S2/c9-7(11)3-10(4-8(12)13)19(16,17)6-1-2-18(14,15)5-6/h6H,1-5H2,(H2,9,11)(H,12,13). The van der Waals surface area contributed by atoms with Crippen LogP contribution in [0.5, 0.6) is 0 Å². The van der Waals surface area contributed by atoms with Gasteiger partial charge in [0.25, 0.3) is 0 Å². The zero-order chi connectivity index (χ0) is 14.8. The lowest BCUT2D eigenvalue weighted by Gasteiger charge is -2.22. The number of amides is 1. The molecule has 1 aliphatic heterocycles. The SMILES string of the molecule is NC(=O)CN(CC(=O)O)S(=O)(=O)C1CCS(=O)(=O)C1. The zero-order valence-electron chi connectivity index (χ0n) is 9.85. The van der Waals surface area contributed by atoms with Gasteiger partial charge in [0.15, 0.2) is 9.84 Å². The van der Waals surface area contributed by atoms with E-state index in [4.69, 9.17) is 10.8 Å². The summed E-state index contributed by atoms with van der Waals surface area (Å²) in [5.74, 6) is -3.30. The van der Waals surface area contributed by atoms with Crippen LogP contribution in [0.3, 0.4) is 0 Å². The van der Waals surface area contributed by atoms with Crippen LogP contribution in [0.4, 0.5) is 0 Å². The molecule has 1 fully saturated rings. The van der Waals surface area contributed by atoms with Crippen LogP contribution in [0.1, 0.15) is 6.42 Å². The zero-order valence-corrected chi connectivity index (χ0v) is 11.5. The van der Waals surface area contributed by atoms with Gasteiger partial charge in [-0.15, -0.1) is 0 Å². The molecule has 3 N–H and O–H groups in total. The average molecular weight is 314 g/mol. The van der Waals surface area contributed by atoms with Gasteiger partial charge in [0.1, 0.15) is 6.54 Å². The first-order valence-electron chi connectivity index (χ1n) is 5.24. The molecule has 1 aliphatic rings. The van der Waals surface area contributed by atoms with Crippen molar-refractivity contribution in [2.24, 2.45) is 5.73 Å². The molecular weight excluding hydrogens is 300 g/mol. The smallest absolute Gasteiger partial charge is 0.318 e. The third kappa shape index (κ3) is 4.14. The normalized spacial score (nSPS) is 22.5. The van der Waals surface area contributed by atoms with Crippen LogP contribution in [0.15, 0.2) is 0 Å². The van der Waals surface area contributed by atoms with Crippen LogP contribution >= 0.6 is 0 Å². The molecule has 19 heavy (non-hydrogen) atoms. The van der Waals surface area contributed by atoms with E-state index >= 15 is 0 Å². The van der Waals surface area contributed by atoms with Crippen LogP contribution in [-0.4, -0.2) is 68.0 Å². The second-order valence-corrected chi connectivity index (χ2v) is 8.64. The number of nitrogens with two attached hydrogens (primary N) is 1. The first-order chi connectivity index (χ1) is 8.54. The van der Waals surface area contributed by atoms with E-state index in [9.17, 15) is 26.4 Å². The Hall–Kier alpha value is -1.20. The number of nitrogens with zero attached hydrogens (tertiary/aromatic N) is 1. The second kappa shape index (κ2) is 5.43. The van der Waals surface area contributed by atoms with Gasteiger partial charge in [-0.2, -0.15) is 4.31 Å². The van der Waals surface area contributed by atoms with Gasteiger partial charge in [0.05, 0.1) is 23.3 Å². The summed E-state index contributed by atoms with van der Waals surface area (Å²) in [5.41, 5.74) is 4.86. The number of carbonyl (C=O) groups excluding carboxylic acids is 1. The molecule has 0 radical (unpaired) electrons. The van der Waals surface area contributed by atoms with Gasteiger partial charge in [-0.05, 0) is 6.42 Å². The monoisotopic (exact) mass is 314 g/mol. The number of carboxylic acid groups (broad SMARTS) is 1. The lowest BCUT2D eigenvalue weighted by atomic mass is 10.4. The fourth-order valence-corrected chi connectivity index (χ4v) is 6.20. The van der Waals surface area contributed by atoms with Crippen molar-refractivity contribution >= 4 is 31.7 Å². The molecule has 0 aliphatic carbocycles. The Balaban J connectivity index is 2.99. The molecule has 1 amide bonds. The number of carboxylic acids is 1. The predicted octanol–water partition coefficient (Wildman–Crippen LogP) is -2.62. The van der Waals surface area contributed by atoms with E-state index in [0.717, 1.165) is 0 Å². The maximum Gasteiger partial charge on any atom is 0.318 e. The summed E-state index contributed by atoms with van der Waals surface area (Å²) in [4.78, 5) is 21.4. The molecule has 1 saturated heterocycles. The Kier molecular flexibility index (Phi) is 4.53. The van der Waals surface area contributed by atoms with Crippen LogP contribution in [-0.2, 0) is 29.4 Å². The van der Waals surface area contributed by atoms with Gasteiger partial charge >= 0.3 is 5.97 Å². The molecule has 1 unspecified atom stereocenters. The maximum absolute atomic E-state index is 12.1. The Bertz CT molecular complexity index is 564. The fraction of sp³-hybridized carbons (Fsp3) is 0.750. The summed E-state index contributed by atoms with van der Waals surface area (Å²) in [6.07, 6.45) is -0.112. The van der Waals surface area contributed by atoms with Crippen molar-refractivity contribution in [1.82, 2.24) is 4.31 Å². The molecule has 1 heterocycles. The lowest BCUT2D eigenvalue weighted by Crippen LogP contribution is -2.46. The van der Waals surface area contributed by atoms with E-state index in [-0.39, 0.29) is 12.2 Å². The van der Waals surface area contributed by atoms with Crippen LogP contribution in [0, 0.1) is 0 Å². The van der Waals surface area contributed by atoms with E-state index in [1.807, 2.05) is 0 Å². The third-order valence-corrected chi connectivity index (χ3v) is 6.82. The summed E-state index contributed by atoms with van der Waals surface area (Å²) in [6.45, 7) is -1.72. The highest BCUT2D eigenvalue weighted by Crippen LogP contribution is 2.21. The molecule has 0 saturated carbocycles. The molecule has 1 atom stereocenters. The van der Waals surface area contributed by atoms with Crippen LogP contribution in [0.25, 0.3) is 0 Å². The number of hydrogen-bond donors (Lipinski definition) is 2. The topological polar surface area (TPSA) is 152 Å². The van der Waals surface area contributed by atoms with E-state index in [0.29, 0.717) is 4.31 Å². The van der Waals surface area contributed by atoms with Gasteiger partial charge in [-0.3, -0.25) is 9.59 Å².